The van der Waals surface area contributed by atoms with Gasteiger partial charge in [0.2, 0.25) is 5.91 Å². The molecule has 1 heterocycles. The topological polar surface area (TPSA) is 63.1 Å². The molecule has 5 nitrogen and oxygen atoms in total. The molecule has 1 saturated heterocycles. The molecule has 0 aromatic heterocycles. The number of benzene rings is 2. The standard InChI is InChI=1S/C20H21N3O2S/c1-3-14-4-6-15(7-5-14)12-18-19(24)22-20(26-18)23-21-13-16-8-10-17(25-2)11-9-16/h4-11,13,18H,3,12H2,1-2H3,(H,22,23,24)/b21-13+. The molecular formula is C20H21N3O2S. The number of aryl methyl sites for hydroxylation is 1. The van der Waals surface area contributed by atoms with Crippen molar-refractivity contribution in [3.05, 3.63) is 65.2 Å². The van der Waals surface area contributed by atoms with E-state index in [1.165, 1.54) is 17.3 Å². The second-order valence-corrected chi connectivity index (χ2v) is 7.08. The van der Waals surface area contributed by atoms with E-state index in [-0.39, 0.29) is 11.2 Å². The predicted octanol–water partition coefficient (Wildman–Crippen LogP) is 3.42. The lowest BCUT2D eigenvalue weighted by Crippen LogP contribution is -2.25. The molecule has 1 atom stereocenters. The number of nitrogens with zero attached hydrogens (tertiary/aromatic N) is 2. The molecule has 1 aliphatic rings. The van der Waals surface area contributed by atoms with Crippen LogP contribution in [0.1, 0.15) is 23.6 Å². The van der Waals surface area contributed by atoms with Gasteiger partial charge in [-0.15, -0.1) is 5.10 Å². The third-order valence-corrected chi connectivity index (χ3v) is 5.17. The monoisotopic (exact) mass is 367 g/mol. The number of rotatable bonds is 6. The fourth-order valence-electron chi connectivity index (χ4n) is 2.55. The maximum Gasteiger partial charge on any atom is 0.239 e. The first-order valence-corrected chi connectivity index (χ1v) is 9.36. The fourth-order valence-corrected chi connectivity index (χ4v) is 3.51. The molecule has 1 N–H and O–H groups in total. The van der Waals surface area contributed by atoms with E-state index in [1.807, 2.05) is 24.3 Å². The molecule has 2 aromatic rings. The molecule has 0 aliphatic carbocycles. The van der Waals surface area contributed by atoms with Gasteiger partial charge in [-0.1, -0.05) is 43.0 Å². The Hall–Kier alpha value is -2.60. The largest absolute Gasteiger partial charge is 0.497 e. The molecule has 134 valence electrons. The van der Waals surface area contributed by atoms with Gasteiger partial charge in [0.1, 0.15) is 5.75 Å². The van der Waals surface area contributed by atoms with Crippen molar-refractivity contribution in [2.45, 2.75) is 25.0 Å². The summed E-state index contributed by atoms with van der Waals surface area (Å²) < 4.78 is 5.12. The van der Waals surface area contributed by atoms with Crippen molar-refractivity contribution >= 4 is 29.1 Å². The fraction of sp³-hybridized carbons (Fsp3) is 0.250. The number of ether oxygens (including phenoxy) is 1. The van der Waals surface area contributed by atoms with Crippen molar-refractivity contribution in [3.63, 3.8) is 0 Å². The summed E-state index contributed by atoms with van der Waals surface area (Å²) in [6.45, 7) is 2.13. The Balaban J connectivity index is 1.58. The highest BCUT2D eigenvalue weighted by atomic mass is 32.2. The number of nitrogens with one attached hydrogen (secondary N) is 1. The van der Waals surface area contributed by atoms with Gasteiger partial charge in [0.15, 0.2) is 5.17 Å². The molecule has 1 aliphatic heterocycles. The van der Waals surface area contributed by atoms with Gasteiger partial charge in [-0.2, -0.15) is 5.10 Å². The van der Waals surface area contributed by atoms with E-state index < -0.39 is 0 Å². The maximum absolute atomic E-state index is 12.1. The number of hydrogen-bond acceptors (Lipinski definition) is 5. The Morgan fingerprint density at radius 1 is 1.12 bits per heavy atom. The SMILES string of the molecule is CCc1ccc(CC2S/C(=N/N=C/c3ccc(OC)cc3)NC2=O)cc1. The molecule has 0 spiro atoms. The van der Waals surface area contributed by atoms with Gasteiger partial charge in [-0.25, -0.2) is 0 Å². The second kappa shape index (κ2) is 8.67. The van der Waals surface area contributed by atoms with Crippen LogP contribution in [0.5, 0.6) is 5.75 Å². The summed E-state index contributed by atoms with van der Waals surface area (Å²) in [5, 5.41) is 11.3. The van der Waals surface area contributed by atoms with Crippen LogP contribution in [-0.2, 0) is 17.6 Å². The highest BCUT2D eigenvalue weighted by Gasteiger charge is 2.30. The van der Waals surface area contributed by atoms with Crippen LogP contribution >= 0.6 is 11.8 Å². The average molecular weight is 367 g/mol. The number of methoxy groups -OCH3 is 1. The number of hydrogen-bond donors (Lipinski definition) is 1. The van der Waals surface area contributed by atoms with Crippen LogP contribution in [0.3, 0.4) is 0 Å². The maximum atomic E-state index is 12.1. The molecule has 1 amide bonds. The molecule has 26 heavy (non-hydrogen) atoms. The van der Waals surface area contributed by atoms with E-state index in [0.29, 0.717) is 11.6 Å². The summed E-state index contributed by atoms with van der Waals surface area (Å²) in [4.78, 5) is 12.1. The zero-order valence-corrected chi connectivity index (χ0v) is 15.6. The molecular weight excluding hydrogens is 346 g/mol. The first kappa shape index (κ1) is 18.2. The van der Waals surface area contributed by atoms with Crippen molar-refractivity contribution in [1.29, 1.82) is 0 Å². The van der Waals surface area contributed by atoms with Crippen LogP contribution in [0.2, 0.25) is 0 Å². The van der Waals surface area contributed by atoms with Crippen LogP contribution in [-0.4, -0.2) is 29.6 Å². The lowest BCUT2D eigenvalue weighted by atomic mass is 10.1. The minimum Gasteiger partial charge on any atom is -0.497 e. The number of thioether (sulfide) groups is 1. The predicted molar refractivity (Wildman–Crippen MR) is 107 cm³/mol. The van der Waals surface area contributed by atoms with Gasteiger partial charge in [0.25, 0.3) is 0 Å². The number of amides is 1. The third-order valence-electron chi connectivity index (χ3n) is 4.10. The molecule has 0 bridgehead atoms. The quantitative estimate of drug-likeness (QED) is 0.628. The smallest absolute Gasteiger partial charge is 0.239 e. The minimum absolute atomic E-state index is 0.0204. The van der Waals surface area contributed by atoms with Gasteiger partial charge in [0, 0.05) is 0 Å². The second-order valence-electron chi connectivity index (χ2n) is 5.89. The van der Waals surface area contributed by atoms with Gasteiger partial charge in [-0.3, -0.25) is 4.79 Å². The van der Waals surface area contributed by atoms with Crippen LogP contribution in [0.15, 0.2) is 58.7 Å². The zero-order valence-electron chi connectivity index (χ0n) is 14.8. The summed E-state index contributed by atoms with van der Waals surface area (Å²) in [7, 11) is 1.63. The van der Waals surface area contributed by atoms with Crippen molar-refractivity contribution in [2.24, 2.45) is 10.2 Å². The molecule has 6 heteroatoms. The molecule has 0 saturated carbocycles. The first-order chi connectivity index (χ1) is 12.7. The van der Waals surface area contributed by atoms with E-state index in [1.54, 1.807) is 13.3 Å². The van der Waals surface area contributed by atoms with Crippen LogP contribution in [0.4, 0.5) is 0 Å². The molecule has 1 fully saturated rings. The Morgan fingerprint density at radius 2 is 1.81 bits per heavy atom. The van der Waals surface area contributed by atoms with Crippen molar-refractivity contribution < 1.29 is 9.53 Å². The van der Waals surface area contributed by atoms with Crippen molar-refractivity contribution in [3.8, 4) is 5.75 Å². The third kappa shape index (κ3) is 4.73. The summed E-state index contributed by atoms with van der Waals surface area (Å²) in [6.07, 6.45) is 3.35. The van der Waals surface area contributed by atoms with Crippen molar-refractivity contribution in [2.75, 3.05) is 7.11 Å². The number of carbonyl (C=O) groups is 1. The highest BCUT2D eigenvalue weighted by molar-refractivity contribution is 8.15. The summed E-state index contributed by atoms with van der Waals surface area (Å²) in [6, 6.07) is 15.9. The van der Waals surface area contributed by atoms with Gasteiger partial charge in [0.05, 0.1) is 18.6 Å². The Bertz CT molecular complexity index is 814. The van der Waals surface area contributed by atoms with Gasteiger partial charge >= 0.3 is 0 Å². The Labute approximate surface area is 157 Å². The van der Waals surface area contributed by atoms with E-state index in [0.717, 1.165) is 23.3 Å². The molecule has 2 aromatic carbocycles. The normalized spacial score (nSPS) is 18.5. The number of carbonyl (C=O) groups excluding carboxylic acids is 1. The lowest BCUT2D eigenvalue weighted by molar-refractivity contribution is -0.118. The Morgan fingerprint density at radius 3 is 2.46 bits per heavy atom. The molecule has 1 unspecified atom stereocenters. The molecule has 3 rings (SSSR count). The highest BCUT2D eigenvalue weighted by Crippen LogP contribution is 2.23. The van der Waals surface area contributed by atoms with Crippen molar-refractivity contribution in [1.82, 2.24) is 5.32 Å². The van der Waals surface area contributed by atoms with E-state index in [2.05, 4.69) is 46.7 Å². The molecule has 0 radical (unpaired) electrons. The van der Waals surface area contributed by atoms with Gasteiger partial charge in [-0.05, 0) is 53.8 Å². The van der Waals surface area contributed by atoms with E-state index >= 15 is 0 Å². The first-order valence-electron chi connectivity index (χ1n) is 8.48. The summed E-state index contributed by atoms with van der Waals surface area (Å²) in [5.41, 5.74) is 3.36. The zero-order chi connectivity index (χ0) is 18.4. The van der Waals surface area contributed by atoms with Crippen LogP contribution in [0.25, 0.3) is 0 Å². The van der Waals surface area contributed by atoms with Crippen LogP contribution in [0, 0.1) is 0 Å². The van der Waals surface area contributed by atoms with E-state index in [9.17, 15) is 4.79 Å². The average Bonchev–Trinajstić information content (AvgIpc) is 3.02. The lowest BCUT2D eigenvalue weighted by Gasteiger charge is -2.06. The minimum atomic E-state index is -0.169. The summed E-state index contributed by atoms with van der Waals surface area (Å²) >= 11 is 1.42. The van der Waals surface area contributed by atoms with Crippen LogP contribution < -0.4 is 10.1 Å². The summed E-state index contributed by atoms with van der Waals surface area (Å²) in [5.74, 6) is 0.773. The number of amidine groups is 1. The van der Waals surface area contributed by atoms with E-state index in [4.69, 9.17) is 4.74 Å². The Kier molecular flexibility index (Phi) is 6.07. The van der Waals surface area contributed by atoms with Gasteiger partial charge < -0.3 is 10.1 Å².